The summed E-state index contributed by atoms with van der Waals surface area (Å²) < 4.78 is 69.5. The quantitative estimate of drug-likeness (QED) is 0.0373. The van der Waals surface area contributed by atoms with E-state index in [0.29, 0.717) is 62.1 Å². The van der Waals surface area contributed by atoms with Gasteiger partial charge in [-0.3, -0.25) is 0 Å². The summed E-state index contributed by atoms with van der Waals surface area (Å²) in [5.41, 5.74) is 24.4. The molecule has 4 aliphatic carbocycles. The molecule has 0 fully saturated rings. The summed E-state index contributed by atoms with van der Waals surface area (Å²) in [4.78, 5) is 4.29. The summed E-state index contributed by atoms with van der Waals surface area (Å²) in [5, 5.41) is 0. The van der Waals surface area contributed by atoms with Gasteiger partial charge in [0.1, 0.15) is 59.3 Å². The lowest BCUT2D eigenvalue weighted by Gasteiger charge is -2.36. The molecule has 2 atom stereocenters. The predicted molar refractivity (Wildman–Crippen MR) is 444 cm³/mol. The molecule has 0 amide bonds. The number of fused-ring (bicyclic) bond motifs is 6. The van der Waals surface area contributed by atoms with E-state index in [1.165, 1.54) is 22.3 Å². The summed E-state index contributed by atoms with van der Waals surface area (Å²) in [5.74, 6) is 4.00. The van der Waals surface area contributed by atoms with Gasteiger partial charge in [-0.1, -0.05) is 158 Å². The summed E-state index contributed by atoms with van der Waals surface area (Å²) in [6.45, 7) is 17.0. The predicted octanol–water partition coefficient (Wildman–Crippen LogP) is 25.0. The van der Waals surface area contributed by atoms with Crippen LogP contribution in [0.4, 0.5) is 42.9 Å². The number of benzene rings is 13. The zero-order valence-electron chi connectivity index (χ0n) is 63.2. The van der Waals surface area contributed by atoms with E-state index in [1.54, 1.807) is 26.0 Å². The lowest BCUT2D eigenvalue weighted by atomic mass is 9.66. The van der Waals surface area contributed by atoms with E-state index in [2.05, 4.69) is 260 Å². The maximum Gasteiger partial charge on any atom is 0.128 e. The van der Waals surface area contributed by atoms with E-state index < -0.39 is 10.8 Å². The first-order valence-electron chi connectivity index (χ1n) is 38.6. The molecule has 0 spiro atoms. The average molecular weight is 1460 g/mol. The van der Waals surface area contributed by atoms with Crippen molar-refractivity contribution in [2.75, 3.05) is 49.4 Å². The molecule has 0 saturated carbocycles. The molecule has 2 unspecified atom stereocenters. The van der Waals surface area contributed by atoms with E-state index in [0.717, 1.165) is 161 Å². The molecule has 4 aliphatic rings. The number of nitrogens with zero attached hydrogens (tertiary/aromatic N) is 2. The van der Waals surface area contributed by atoms with Gasteiger partial charge in [-0.2, -0.15) is 0 Å². The van der Waals surface area contributed by atoms with Crippen molar-refractivity contribution in [3.8, 4) is 56.8 Å². The summed E-state index contributed by atoms with van der Waals surface area (Å²) in [6.07, 6.45) is 10.4. The summed E-state index contributed by atoms with van der Waals surface area (Å²) in [6, 6.07) is 96.7. The molecule has 0 aliphatic heterocycles. The molecule has 8 nitrogen and oxygen atoms in total. The number of halogens is 2. The molecular weight excluding hydrogens is 1380 g/mol. The number of allylic oxidation sites excluding steroid dienone is 5. The van der Waals surface area contributed by atoms with Crippen molar-refractivity contribution >= 4 is 39.7 Å². The number of aryl methyl sites for hydroxylation is 6. The van der Waals surface area contributed by atoms with E-state index in [4.69, 9.17) is 28.4 Å². The van der Waals surface area contributed by atoms with Crippen LogP contribution in [-0.2, 0) is 46.0 Å². The molecule has 0 saturated heterocycles. The third kappa shape index (κ3) is 13.4. The fourth-order valence-corrected chi connectivity index (χ4v) is 16.8. The third-order valence-electron chi connectivity index (χ3n) is 22.7. The first kappa shape index (κ1) is 71.6. The Morgan fingerprint density at radius 1 is 0.360 bits per heavy atom. The van der Waals surface area contributed by atoms with Crippen molar-refractivity contribution in [3.05, 3.63) is 399 Å². The maximum atomic E-state index is 16.3. The zero-order valence-corrected chi connectivity index (χ0v) is 63.2. The molecule has 0 aromatic heterocycles. The maximum absolute atomic E-state index is 16.3. The first-order valence-corrected chi connectivity index (χ1v) is 38.6. The van der Waals surface area contributed by atoms with E-state index >= 15 is 8.78 Å². The largest absolute Gasteiger partial charge is 0.491 e. The fraction of sp³-hybridized carbons (Fsp3) is 0.168. The molecule has 0 bridgehead atoms. The number of rotatable bonds is 27. The Balaban J connectivity index is 0.741. The van der Waals surface area contributed by atoms with Gasteiger partial charge < -0.3 is 38.2 Å². The lowest BCUT2D eigenvalue weighted by Crippen LogP contribution is -2.29. The van der Waals surface area contributed by atoms with Crippen LogP contribution < -0.4 is 28.7 Å². The van der Waals surface area contributed by atoms with Crippen molar-refractivity contribution in [3.63, 3.8) is 0 Å². The Bertz CT molecular complexity index is 5710. The van der Waals surface area contributed by atoms with Gasteiger partial charge in [0.05, 0.1) is 24.0 Å². The Morgan fingerprint density at radius 3 is 1.18 bits per heavy atom. The minimum absolute atomic E-state index is 0.303. The third-order valence-corrected chi connectivity index (χ3v) is 22.7. The van der Waals surface area contributed by atoms with Crippen LogP contribution in [0.3, 0.4) is 0 Å². The standard InChI is InChI=1S/C101H86F2N2O6/c1-7-10-14-94-68(6)91-54-42-81(62-96(91)100(94,75-28-46-85(47-29-75)108-58-56-106-8-2)76-32-50-87(51-33-76)110-89-44-26-71-18-20-73(71)60-89)104(83-36-16-66(4)98(102)64-83)79-38-22-69(23-39-79)70-24-40-80(41-25-70)105(84-37-17-67(5)99(103)65-84)82-43-55-93-92-13-11-12-15-95(92)101(97(93)63-82,77-30-48-86(49-31-77)109-59-57-107-9-3)78-34-52-88(53-35-78)111-90-45-27-72-19-21-74(72)61-90/h7,10-17,22-55,60-65H,1,8-9,18-21,56-59H2,2-6H3/b14-10-. The van der Waals surface area contributed by atoms with Gasteiger partial charge in [0, 0.05) is 47.3 Å². The Kier molecular flexibility index (Phi) is 19.7. The van der Waals surface area contributed by atoms with Crippen molar-refractivity contribution in [1.82, 2.24) is 0 Å². The molecule has 17 rings (SSSR count). The summed E-state index contributed by atoms with van der Waals surface area (Å²) >= 11 is 0. The molecular formula is C101H86F2N2O6. The number of anilines is 6. The average Bonchev–Trinajstić information content (AvgIpc) is 1.44. The van der Waals surface area contributed by atoms with Gasteiger partial charge in [-0.05, 0) is 317 Å². The topological polar surface area (TPSA) is 61.9 Å². The zero-order chi connectivity index (χ0) is 75.7. The highest BCUT2D eigenvalue weighted by molar-refractivity contribution is 5.92. The van der Waals surface area contributed by atoms with Crippen LogP contribution in [0.2, 0.25) is 0 Å². The molecule has 550 valence electrons. The van der Waals surface area contributed by atoms with Gasteiger partial charge in [0.15, 0.2) is 0 Å². The van der Waals surface area contributed by atoms with Gasteiger partial charge in [-0.25, -0.2) is 8.78 Å². The van der Waals surface area contributed by atoms with E-state index in [1.807, 2.05) is 62.4 Å². The smallest absolute Gasteiger partial charge is 0.128 e. The van der Waals surface area contributed by atoms with Crippen LogP contribution in [0, 0.1) is 25.5 Å². The van der Waals surface area contributed by atoms with Crippen LogP contribution in [0.5, 0.6) is 34.5 Å². The highest BCUT2D eigenvalue weighted by atomic mass is 19.1. The molecule has 10 heteroatoms. The molecule has 111 heavy (non-hydrogen) atoms. The second-order valence-electron chi connectivity index (χ2n) is 29.0. The summed E-state index contributed by atoms with van der Waals surface area (Å²) in [7, 11) is 0. The Morgan fingerprint density at radius 2 is 0.748 bits per heavy atom. The normalized spacial score (nSPS) is 15.5. The van der Waals surface area contributed by atoms with Gasteiger partial charge in [-0.15, -0.1) is 0 Å². The molecule has 13 aromatic rings. The van der Waals surface area contributed by atoms with Gasteiger partial charge in [0.25, 0.3) is 0 Å². The minimum atomic E-state index is -0.868. The Labute approximate surface area is 649 Å². The molecule has 13 aromatic carbocycles. The second kappa shape index (κ2) is 30.6. The number of hydrogen-bond donors (Lipinski definition) is 0. The minimum Gasteiger partial charge on any atom is -0.491 e. The number of hydrogen-bond acceptors (Lipinski definition) is 8. The Hall–Kier alpha value is -12.3. The van der Waals surface area contributed by atoms with Gasteiger partial charge >= 0.3 is 0 Å². The highest BCUT2D eigenvalue weighted by Crippen LogP contribution is 2.60. The number of ether oxygens (including phenoxy) is 6. The highest BCUT2D eigenvalue weighted by Gasteiger charge is 2.48. The second-order valence-corrected chi connectivity index (χ2v) is 29.0. The van der Waals surface area contributed by atoms with Crippen molar-refractivity contribution in [2.45, 2.75) is 71.1 Å². The lowest BCUT2D eigenvalue weighted by molar-refractivity contribution is 0.110. The van der Waals surface area contributed by atoms with Crippen molar-refractivity contribution in [1.29, 1.82) is 0 Å². The van der Waals surface area contributed by atoms with Gasteiger partial charge in [0.2, 0.25) is 0 Å². The van der Waals surface area contributed by atoms with Crippen LogP contribution in [-0.4, -0.2) is 39.6 Å². The molecule has 0 N–H and O–H groups in total. The van der Waals surface area contributed by atoms with Crippen molar-refractivity contribution in [2.24, 2.45) is 0 Å². The SMILES string of the molecule is C=C/C=C\C1=C(C)c2ccc(N(c3ccc(-c4ccc(N(c5ccc(C)c(F)c5)c5ccc6c(c5)C(c5ccc(OCCOCC)cc5)(c5ccc(Oc7ccc8c(c7)CC8)cc5)c5ccccc5-6)cc4)cc3)c3ccc(C)c(F)c3)cc2C1(c1ccc(OCCOCC)cc1)c1ccc(Oc2ccc3c(c2)CC3)cc1. The monoisotopic (exact) mass is 1460 g/mol. The van der Waals surface area contributed by atoms with Crippen LogP contribution in [0.15, 0.2) is 309 Å². The van der Waals surface area contributed by atoms with E-state index in [-0.39, 0.29) is 11.6 Å². The molecule has 0 heterocycles. The molecule has 0 radical (unpaired) electrons. The first-order chi connectivity index (χ1) is 54.4. The fourth-order valence-electron chi connectivity index (χ4n) is 16.8. The van der Waals surface area contributed by atoms with Crippen LogP contribution in [0.1, 0.15) is 98.7 Å². The van der Waals surface area contributed by atoms with Crippen LogP contribution >= 0.6 is 0 Å². The van der Waals surface area contributed by atoms with E-state index in [9.17, 15) is 0 Å². The van der Waals surface area contributed by atoms with Crippen molar-refractivity contribution < 1.29 is 37.2 Å². The van der Waals surface area contributed by atoms with Crippen LogP contribution in [0.25, 0.3) is 27.8 Å².